The fourth-order valence-electron chi connectivity index (χ4n) is 6.05. The van der Waals surface area contributed by atoms with Crippen LogP contribution in [0.1, 0.15) is 52.0 Å². The van der Waals surface area contributed by atoms with Gasteiger partial charge in [-0.15, -0.1) is 6.58 Å². The van der Waals surface area contributed by atoms with Crippen molar-refractivity contribution in [2.45, 2.75) is 81.4 Å². The molecule has 3 fully saturated rings. The summed E-state index contributed by atoms with van der Waals surface area (Å²) in [7, 11) is -3.58. The van der Waals surface area contributed by atoms with Gasteiger partial charge >= 0.3 is 6.09 Å². The van der Waals surface area contributed by atoms with Crippen molar-refractivity contribution in [2.75, 3.05) is 18.9 Å². The predicted octanol–water partition coefficient (Wildman–Crippen LogP) is 3.13. The highest BCUT2D eigenvalue weighted by Gasteiger charge is 2.61. The molecule has 4 atom stereocenters. The van der Waals surface area contributed by atoms with E-state index in [0.717, 1.165) is 28.5 Å². The number of carbonyl (C=O) groups excluding carboxylic acids is 3. The third-order valence-electron chi connectivity index (χ3n) is 8.54. The number of aromatic nitrogens is 1. The monoisotopic (exact) mass is 611 g/mol. The highest BCUT2D eigenvalue weighted by molar-refractivity contribution is 7.93. The smallest absolute Gasteiger partial charge is 0.411 e. The number of sulfone groups is 1. The molecule has 4 aliphatic rings. The second-order valence-electron chi connectivity index (χ2n) is 12.9. The zero-order valence-corrected chi connectivity index (χ0v) is 25.4. The Morgan fingerprint density at radius 2 is 1.98 bits per heavy atom. The van der Waals surface area contributed by atoms with Crippen LogP contribution in [0, 0.1) is 5.92 Å². The van der Waals surface area contributed by atoms with E-state index in [1.165, 1.54) is 4.90 Å². The van der Waals surface area contributed by atoms with Gasteiger partial charge in [0.1, 0.15) is 34.8 Å². The fourth-order valence-corrected chi connectivity index (χ4v) is 7.76. The molecule has 6 rings (SSSR count). The first-order chi connectivity index (χ1) is 20.3. The van der Waals surface area contributed by atoms with Gasteiger partial charge < -0.3 is 19.5 Å². The number of benzene rings is 1. The Balaban J connectivity index is 1.24. The van der Waals surface area contributed by atoms with E-state index in [-0.39, 0.29) is 19.4 Å². The normalized spacial score (nSPS) is 26.4. The Hall–Kier alpha value is -3.67. The number of pyridine rings is 1. The first-order valence-electron chi connectivity index (χ1n) is 14.7. The number of hydrogen-bond acceptors (Lipinski definition) is 9. The number of carbonyl (C=O) groups is 3. The van der Waals surface area contributed by atoms with E-state index in [1.807, 2.05) is 18.2 Å². The lowest BCUT2D eigenvalue weighted by Gasteiger charge is -2.29. The number of rotatable bonds is 9. The van der Waals surface area contributed by atoms with Crippen LogP contribution < -0.4 is 14.8 Å². The SMILES string of the molecule is C=C[C@@H]1C[C@]1(NC(=O)[C@@H]1C[C@@H](Oc2nccc3c4c(ccc23)CCO4)CN1C(=O)OC(C)(C)C)C(=O)CS(=O)(=O)C1CC1. The molecule has 0 unspecified atom stereocenters. The minimum Gasteiger partial charge on any atom is -0.492 e. The predicted molar refractivity (Wildman–Crippen MR) is 158 cm³/mol. The van der Waals surface area contributed by atoms with Crippen molar-refractivity contribution in [3.05, 3.63) is 42.6 Å². The van der Waals surface area contributed by atoms with Gasteiger partial charge in [-0.1, -0.05) is 12.1 Å². The number of Topliss-reactive ketones (excluding diaryl/α,β-unsaturated/α-hetero) is 1. The number of hydrogen-bond donors (Lipinski definition) is 1. The lowest BCUT2D eigenvalue weighted by molar-refractivity contribution is -0.130. The molecular formula is C31H37N3O8S. The molecule has 1 N–H and O–H groups in total. The van der Waals surface area contributed by atoms with Gasteiger partial charge in [-0.2, -0.15) is 0 Å². The molecule has 11 nitrogen and oxygen atoms in total. The van der Waals surface area contributed by atoms with Gasteiger partial charge in [0.25, 0.3) is 0 Å². The van der Waals surface area contributed by atoms with E-state index in [4.69, 9.17) is 14.2 Å². The third kappa shape index (κ3) is 5.69. The topological polar surface area (TPSA) is 141 Å². The average molecular weight is 612 g/mol. The van der Waals surface area contributed by atoms with E-state index in [2.05, 4.69) is 16.9 Å². The Morgan fingerprint density at radius 1 is 1.21 bits per heavy atom. The first kappa shape index (κ1) is 29.4. The zero-order valence-electron chi connectivity index (χ0n) is 24.6. The van der Waals surface area contributed by atoms with E-state index in [0.29, 0.717) is 25.3 Å². The molecule has 230 valence electrons. The van der Waals surface area contributed by atoms with E-state index < -0.39 is 67.8 Å². The molecule has 0 radical (unpaired) electrons. The van der Waals surface area contributed by atoms with Crippen LogP contribution in [-0.4, -0.2) is 83.5 Å². The molecule has 2 amide bonds. The molecule has 2 aliphatic heterocycles. The minimum absolute atomic E-state index is 0.0500. The van der Waals surface area contributed by atoms with Crippen LogP contribution in [-0.2, 0) is 30.6 Å². The summed E-state index contributed by atoms with van der Waals surface area (Å²) in [5.74, 6) is -0.988. The van der Waals surface area contributed by atoms with Crippen LogP contribution in [0.15, 0.2) is 37.1 Å². The number of ketones is 1. The maximum Gasteiger partial charge on any atom is 0.411 e. The van der Waals surface area contributed by atoms with E-state index >= 15 is 0 Å². The van der Waals surface area contributed by atoms with Gasteiger partial charge in [0.15, 0.2) is 15.6 Å². The molecule has 0 spiro atoms. The fraction of sp³-hybridized carbons (Fsp3) is 0.548. The van der Waals surface area contributed by atoms with Gasteiger partial charge in [-0.25, -0.2) is 18.2 Å². The number of amides is 2. The third-order valence-corrected chi connectivity index (χ3v) is 10.7. The standard InChI is InChI=1S/C31H37N3O8S/c1-5-19-15-31(19,25(35)17-43(38,39)21-7-8-21)33-27(36)24-14-20(16-34(24)29(37)42-30(2,3)4)41-28-23-9-6-18-11-13-40-26(18)22(23)10-12-32-28/h5-6,9-10,12,19-21,24H,1,7-8,11,13-17H2,2-4H3,(H,33,36)/t19-,20-,24+,31-/m1/s1. The number of nitrogens with zero attached hydrogens (tertiary/aromatic N) is 2. The Morgan fingerprint density at radius 3 is 2.65 bits per heavy atom. The summed E-state index contributed by atoms with van der Waals surface area (Å²) in [6.07, 6.45) is 4.21. The van der Waals surface area contributed by atoms with E-state index in [9.17, 15) is 22.8 Å². The van der Waals surface area contributed by atoms with Crippen molar-refractivity contribution in [3.63, 3.8) is 0 Å². The summed E-state index contributed by atoms with van der Waals surface area (Å²) < 4.78 is 43.0. The maximum atomic E-state index is 13.8. The Kier molecular flexibility index (Phi) is 7.18. The van der Waals surface area contributed by atoms with Crippen LogP contribution in [0.3, 0.4) is 0 Å². The molecule has 1 saturated heterocycles. The maximum absolute atomic E-state index is 13.8. The lowest BCUT2D eigenvalue weighted by atomic mass is 10.1. The van der Waals surface area contributed by atoms with Crippen LogP contribution in [0.2, 0.25) is 0 Å². The second-order valence-corrected chi connectivity index (χ2v) is 15.2. The molecule has 2 saturated carbocycles. The summed E-state index contributed by atoms with van der Waals surface area (Å²) >= 11 is 0. The number of nitrogens with one attached hydrogen (secondary N) is 1. The number of ether oxygens (including phenoxy) is 3. The van der Waals surface area contributed by atoms with Crippen LogP contribution in [0.5, 0.6) is 11.6 Å². The molecular weight excluding hydrogens is 574 g/mol. The van der Waals surface area contributed by atoms with Crippen molar-refractivity contribution in [1.29, 1.82) is 0 Å². The first-order valence-corrected chi connectivity index (χ1v) is 16.4. The molecule has 1 aromatic heterocycles. The summed E-state index contributed by atoms with van der Waals surface area (Å²) in [5, 5.41) is 3.97. The van der Waals surface area contributed by atoms with Crippen molar-refractivity contribution < 1.29 is 37.0 Å². The summed E-state index contributed by atoms with van der Waals surface area (Å²) in [6, 6.07) is 4.78. The molecule has 1 aromatic carbocycles. The highest BCUT2D eigenvalue weighted by Crippen LogP contribution is 2.46. The Bertz CT molecular complexity index is 1610. The van der Waals surface area contributed by atoms with Crippen LogP contribution in [0.25, 0.3) is 10.8 Å². The van der Waals surface area contributed by atoms with Crippen LogP contribution >= 0.6 is 0 Å². The summed E-state index contributed by atoms with van der Waals surface area (Å²) in [4.78, 5) is 46.2. The van der Waals surface area contributed by atoms with Crippen molar-refractivity contribution in [1.82, 2.24) is 15.2 Å². The highest BCUT2D eigenvalue weighted by atomic mass is 32.2. The molecule has 2 aromatic rings. The summed E-state index contributed by atoms with van der Waals surface area (Å²) in [6.45, 7) is 9.63. The largest absolute Gasteiger partial charge is 0.492 e. The van der Waals surface area contributed by atoms with E-state index in [1.54, 1.807) is 33.0 Å². The van der Waals surface area contributed by atoms with Crippen molar-refractivity contribution in [3.8, 4) is 11.6 Å². The molecule has 0 bridgehead atoms. The lowest BCUT2D eigenvalue weighted by Crippen LogP contribution is -2.54. The van der Waals surface area contributed by atoms with Crippen LogP contribution in [0.4, 0.5) is 4.79 Å². The molecule has 43 heavy (non-hydrogen) atoms. The Labute approximate surface area is 250 Å². The number of fused-ring (bicyclic) bond motifs is 3. The van der Waals surface area contributed by atoms with Crippen molar-refractivity contribution >= 4 is 38.4 Å². The van der Waals surface area contributed by atoms with Crippen molar-refractivity contribution in [2.24, 2.45) is 5.92 Å². The van der Waals surface area contributed by atoms with Gasteiger partial charge in [0.2, 0.25) is 11.8 Å². The number of likely N-dealkylation sites (tertiary alicyclic amines) is 1. The molecule has 12 heteroatoms. The minimum atomic E-state index is -3.58. The van der Waals surface area contributed by atoms with Gasteiger partial charge in [-0.05, 0) is 57.7 Å². The molecule has 2 aliphatic carbocycles. The van der Waals surface area contributed by atoms with Gasteiger partial charge in [0.05, 0.1) is 18.4 Å². The van der Waals surface area contributed by atoms with Gasteiger partial charge in [-0.3, -0.25) is 14.5 Å². The van der Waals surface area contributed by atoms with Gasteiger partial charge in [0, 0.05) is 35.7 Å². The molecule has 3 heterocycles. The summed E-state index contributed by atoms with van der Waals surface area (Å²) in [5.41, 5.74) is -1.06. The zero-order chi connectivity index (χ0) is 30.7. The average Bonchev–Trinajstić information content (AvgIpc) is 3.81. The second kappa shape index (κ2) is 10.5. The quantitative estimate of drug-likeness (QED) is 0.424.